The van der Waals surface area contributed by atoms with Crippen LogP contribution in [0.1, 0.15) is 0 Å². The molecule has 0 saturated heterocycles. The quantitative estimate of drug-likeness (QED) is 0.117. The van der Waals surface area contributed by atoms with E-state index in [0.29, 0.717) is 50.3 Å². The highest BCUT2D eigenvalue weighted by Crippen LogP contribution is 2.43. The van der Waals surface area contributed by atoms with E-state index in [9.17, 15) is 29.8 Å². The minimum atomic E-state index is -4.65. The maximum atomic E-state index is 12.7. The molecule has 1 aliphatic carbocycles. The van der Waals surface area contributed by atoms with Crippen molar-refractivity contribution in [3.05, 3.63) is 102 Å². The lowest BCUT2D eigenvalue weighted by Crippen LogP contribution is -2.22. The van der Waals surface area contributed by atoms with Crippen LogP contribution in [0.25, 0.3) is 33.4 Å². The molecule has 0 fully saturated rings. The number of nitrogens with zero attached hydrogens (tertiary/aromatic N) is 3. The van der Waals surface area contributed by atoms with Crippen LogP contribution in [0, 0.1) is 0 Å². The van der Waals surface area contributed by atoms with Crippen molar-refractivity contribution in [3.8, 4) is 33.9 Å². The molecule has 6 rings (SSSR count). The lowest BCUT2D eigenvalue weighted by molar-refractivity contribution is 0.414. The number of ether oxygens (including phenoxy) is 2. The molecule has 0 unspecified atom stereocenters. The van der Waals surface area contributed by atoms with E-state index < -0.39 is 30.2 Å². The molecule has 2 N–H and O–H groups in total. The number of anilines is 2. The first-order chi connectivity index (χ1) is 25.4. The summed E-state index contributed by atoms with van der Waals surface area (Å²) in [6, 6.07) is 25.1. The first-order valence-electron chi connectivity index (χ1n) is 16.1. The summed E-state index contributed by atoms with van der Waals surface area (Å²) in [6.07, 6.45) is 0. The van der Waals surface area contributed by atoms with Crippen LogP contribution in [0.3, 0.4) is 0 Å². The van der Waals surface area contributed by atoms with E-state index in [2.05, 4.69) is 5.32 Å². The Balaban J connectivity index is 1.54. The van der Waals surface area contributed by atoms with Gasteiger partial charge < -0.3 is 19.2 Å². The molecular formula is C37H36N4O10S3. The summed E-state index contributed by atoms with van der Waals surface area (Å²) in [6.45, 7) is 0. The zero-order valence-electron chi connectivity index (χ0n) is 29.9. The highest BCUT2D eigenvalue weighted by molar-refractivity contribution is 7.89. The van der Waals surface area contributed by atoms with Crippen molar-refractivity contribution in [3.63, 3.8) is 0 Å². The summed E-state index contributed by atoms with van der Waals surface area (Å²) in [5, 5.41) is 4.17. The number of sulfonamides is 2. The summed E-state index contributed by atoms with van der Waals surface area (Å²) < 4.78 is 106. The van der Waals surface area contributed by atoms with Gasteiger partial charge in [-0.2, -0.15) is 8.42 Å². The first kappa shape index (κ1) is 38.4. The van der Waals surface area contributed by atoms with E-state index >= 15 is 0 Å². The number of methoxy groups -OCH3 is 2. The number of benzene rings is 5. The van der Waals surface area contributed by atoms with Crippen LogP contribution in [0.4, 0.5) is 17.1 Å². The average molecular weight is 793 g/mol. The molecule has 4 aromatic carbocycles. The number of fused-ring (bicyclic) bond motifs is 2. The van der Waals surface area contributed by atoms with Crippen LogP contribution in [-0.2, 0) is 30.2 Å². The number of rotatable bonds is 11. The van der Waals surface area contributed by atoms with E-state index in [4.69, 9.17) is 18.9 Å². The Labute approximate surface area is 313 Å². The van der Waals surface area contributed by atoms with Crippen LogP contribution in [0.15, 0.2) is 121 Å². The van der Waals surface area contributed by atoms with Crippen LogP contribution in [-0.4, -0.2) is 80.8 Å². The van der Waals surface area contributed by atoms with Crippen molar-refractivity contribution >= 4 is 58.2 Å². The Kier molecular flexibility index (Phi) is 10.3. The van der Waals surface area contributed by atoms with Crippen LogP contribution < -0.4 is 20.1 Å². The fraction of sp³-hybridized carbons (Fsp3) is 0.162. The molecule has 0 bridgehead atoms. The molecule has 2 aliphatic rings. The SMILES string of the molecule is COc1cc(S(=O)(=O)N(C)C)ccc1N=c1ccc2c(-c3ccccc3S(=O)(=O)O)c3ccc(Nc4ccc(S(=O)(=O)N(C)C)cc4OC)cc3oc-2c1. The predicted octanol–water partition coefficient (Wildman–Crippen LogP) is 5.95. The third kappa shape index (κ3) is 7.29. The lowest BCUT2D eigenvalue weighted by atomic mass is 9.93. The third-order valence-corrected chi connectivity index (χ3v) is 13.1. The standard InChI is InChI=1S/C37H36N4O10S3/c1-40(2)52(42,43)25-13-17-30(34(21-25)49-5)38-23-11-15-27-32(19-23)51-33-20-24(39-31-18-14-26(22-35(31)50-6)53(44,45)41(3)4)12-16-28(33)37(27)29-9-7-8-10-36(29)54(46,47)48/h7-22,38H,1-6H3,(H,46,47,48). The Morgan fingerprint density at radius 2 is 1.31 bits per heavy atom. The molecule has 0 atom stereocenters. The van der Waals surface area contributed by atoms with E-state index in [1.165, 1.54) is 84.9 Å². The molecule has 282 valence electrons. The molecule has 54 heavy (non-hydrogen) atoms. The lowest BCUT2D eigenvalue weighted by Gasteiger charge is -2.18. The summed E-state index contributed by atoms with van der Waals surface area (Å²) in [7, 11) is -3.55. The molecule has 0 amide bonds. The molecule has 4 aromatic rings. The Morgan fingerprint density at radius 1 is 0.685 bits per heavy atom. The molecule has 0 aromatic heterocycles. The van der Waals surface area contributed by atoms with Gasteiger partial charge in [0.05, 0.1) is 35.1 Å². The van der Waals surface area contributed by atoms with Crippen LogP contribution in [0.2, 0.25) is 0 Å². The summed E-state index contributed by atoms with van der Waals surface area (Å²) in [5.41, 5.74) is 2.87. The Bertz CT molecular complexity index is 2800. The summed E-state index contributed by atoms with van der Waals surface area (Å²) in [5.74, 6) is 0.794. The van der Waals surface area contributed by atoms with E-state index in [-0.39, 0.29) is 31.7 Å². The Hall–Kier alpha value is -5.30. The molecule has 1 heterocycles. The molecule has 17 heteroatoms. The van der Waals surface area contributed by atoms with Crippen molar-refractivity contribution in [2.45, 2.75) is 14.7 Å². The minimum absolute atomic E-state index is 0.0296. The second-order valence-electron chi connectivity index (χ2n) is 12.3. The van der Waals surface area contributed by atoms with Crippen molar-refractivity contribution in [1.82, 2.24) is 8.61 Å². The highest BCUT2D eigenvalue weighted by Gasteiger charge is 2.25. The first-order valence-corrected chi connectivity index (χ1v) is 20.4. The van der Waals surface area contributed by atoms with Gasteiger partial charge in [-0.25, -0.2) is 30.4 Å². The van der Waals surface area contributed by atoms with Gasteiger partial charge >= 0.3 is 0 Å². The largest absolute Gasteiger partial charge is 0.495 e. The second-order valence-corrected chi connectivity index (χ2v) is 18.0. The molecule has 0 radical (unpaired) electrons. The van der Waals surface area contributed by atoms with Gasteiger partial charge in [0.15, 0.2) is 0 Å². The zero-order chi connectivity index (χ0) is 39.2. The molecular weight excluding hydrogens is 757 g/mol. The van der Waals surface area contributed by atoms with Gasteiger partial charge in [0.1, 0.15) is 33.4 Å². The van der Waals surface area contributed by atoms with Gasteiger partial charge in [-0.3, -0.25) is 4.55 Å². The Morgan fingerprint density at radius 3 is 1.94 bits per heavy atom. The van der Waals surface area contributed by atoms with Gasteiger partial charge in [0, 0.05) is 80.2 Å². The van der Waals surface area contributed by atoms with Crippen molar-refractivity contribution in [2.75, 3.05) is 47.7 Å². The van der Waals surface area contributed by atoms with Gasteiger partial charge in [0.2, 0.25) is 20.0 Å². The third-order valence-electron chi connectivity index (χ3n) is 8.55. The average Bonchev–Trinajstić information content (AvgIpc) is 3.13. The molecule has 14 nitrogen and oxygen atoms in total. The number of hydrogen-bond donors (Lipinski definition) is 2. The van der Waals surface area contributed by atoms with E-state index in [0.717, 1.165) is 8.61 Å². The zero-order valence-corrected chi connectivity index (χ0v) is 32.4. The van der Waals surface area contributed by atoms with Crippen molar-refractivity contribution in [2.24, 2.45) is 4.99 Å². The number of nitrogens with one attached hydrogen (secondary N) is 1. The van der Waals surface area contributed by atoms with Crippen LogP contribution >= 0.6 is 0 Å². The van der Waals surface area contributed by atoms with Crippen molar-refractivity contribution in [1.29, 1.82) is 0 Å². The molecule has 1 aliphatic heterocycles. The summed E-state index contributed by atoms with van der Waals surface area (Å²) in [4.78, 5) is 4.47. The fourth-order valence-corrected chi connectivity index (χ4v) is 8.31. The van der Waals surface area contributed by atoms with E-state index in [1.807, 2.05) is 0 Å². The van der Waals surface area contributed by atoms with Gasteiger partial charge in [-0.15, -0.1) is 0 Å². The molecule has 0 spiro atoms. The minimum Gasteiger partial charge on any atom is -0.495 e. The monoisotopic (exact) mass is 792 g/mol. The summed E-state index contributed by atoms with van der Waals surface area (Å²) >= 11 is 0. The van der Waals surface area contributed by atoms with Crippen molar-refractivity contribution < 1.29 is 43.7 Å². The fourth-order valence-electron chi connectivity index (χ4n) is 5.78. The number of hydrogen-bond acceptors (Lipinski definition) is 11. The van der Waals surface area contributed by atoms with E-state index in [1.54, 1.807) is 54.6 Å². The smallest absolute Gasteiger partial charge is 0.295 e. The molecule has 0 saturated carbocycles. The highest BCUT2D eigenvalue weighted by atomic mass is 32.2. The normalized spacial score (nSPS) is 12.9. The van der Waals surface area contributed by atoms with Gasteiger partial charge in [0.25, 0.3) is 10.1 Å². The van der Waals surface area contributed by atoms with Crippen LogP contribution in [0.5, 0.6) is 11.5 Å². The topological polar surface area (TPSA) is 185 Å². The second kappa shape index (κ2) is 14.5. The van der Waals surface area contributed by atoms with Gasteiger partial charge in [-0.05, 0) is 54.6 Å². The maximum Gasteiger partial charge on any atom is 0.295 e. The predicted molar refractivity (Wildman–Crippen MR) is 204 cm³/mol. The maximum absolute atomic E-state index is 12.7. The van der Waals surface area contributed by atoms with Gasteiger partial charge in [-0.1, -0.05) is 18.2 Å².